The van der Waals surface area contributed by atoms with Crippen LogP contribution in [0.25, 0.3) is 6.08 Å². The lowest BCUT2D eigenvalue weighted by Crippen LogP contribution is -2.41. The van der Waals surface area contributed by atoms with E-state index in [1.807, 2.05) is 60.7 Å². The Morgan fingerprint density at radius 1 is 1.00 bits per heavy atom. The second-order valence-electron chi connectivity index (χ2n) is 7.29. The molecule has 30 heavy (non-hydrogen) atoms. The fourth-order valence-corrected chi connectivity index (χ4v) is 3.85. The predicted molar refractivity (Wildman–Crippen MR) is 118 cm³/mol. The highest BCUT2D eigenvalue weighted by atomic mass is 35.5. The maximum Gasteiger partial charge on any atom is 0.264 e. The number of aliphatic hydroxyl groups is 1. The third-order valence-electron chi connectivity index (χ3n) is 5.17. The van der Waals surface area contributed by atoms with Gasteiger partial charge in [-0.15, -0.1) is 0 Å². The lowest BCUT2D eigenvalue weighted by atomic mass is 9.89. The number of allylic oxidation sites excluding steroid dienone is 1. The van der Waals surface area contributed by atoms with Crippen molar-refractivity contribution in [1.82, 2.24) is 0 Å². The molecule has 0 unspecified atom stereocenters. The molecule has 1 atom stereocenters. The van der Waals surface area contributed by atoms with Gasteiger partial charge in [-0.25, -0.2) is 0 Å². The van der Waals surface area contributed by atoms with Crippen molar-refractivity contribution >= 4 is 35.1 Å². The van der Waals surface area contributed by atoms with E-state index in [9.17, 15) is 14.7 Å². The molecule has 1 aliphatic heterocycles. The molecule has 0 spiro atoms. The van der Waals surface area contributed by atoms with E-state index >= 15 is 0 Å². The van der Waals surface area contributed by atoms with Gasteiger partial charge in [-0.1, -0.05) is 78.3 Å². The van der Waals surface area contributed by atoms with Crippen LogP contribution in [0.15, 0.2) is 84.9 Å². The first kappa shape index (κ1) is 20.1. The Labute approximate surface area is 180 Å². The summed E-state index contributed by atoms with van der Waals surface area (Å²) in [7, 11) is 0. The molecule has 1 amide bonds. The van der Waals surface area contributed by atoms with Crippen molar-refractivity contribution in [2.45, 2.75) is 18.6 Å². The summed E-state index contributed by atoms with van der Waals surface area (Å²) in [6.07, 6.45) is 2.71. The van der Waals surface area contributed by atoms with Crippen LogP contribution < -0.4 is 4.90 Å². The van der Waals surface area contributed by atoms with E-state index in [4.69, 9.17) is 11.6 Å². The minimum atomic E-state index is -1.95. The minimum Gasteiger partial charge on any atom is -0.375 e. The molecule has 150 valence electrons. The van der Waals surface area contributed by atoms with Crippen LogP contribution in [0.5, 0.6) is 0 Å². The molecule has 1 heterocycles. The van der Waals surface area contributed by atoms with E-state index < -0.39 is 11.5 Å². The smallest absolute Gasteiger partial charge is 0.264 e. The molecule has 0 fully saturated rings. The lowest BCUT2D eigenvalue weighted by molar-refractivity contribution is -0.140. The van der Waals surface area contributed by atoms with Crippen LogP contribution in [0.4, 0.5) is 5.69 Å². The summed E-state index contributed by atoms with van der Waals surface area (Å²) in [5.74, 6) is -0.868. The highest BCUT2D eigenvalue weighted by Crippen LogP contribution is 2.44. The largest absolute Gasteiger partial charge is 0.375 e. The van der Waals surface area contributed by atoms with Crippen LogP contribution in [-0.2, 0) is 21.7 Å². The Morgan fingerprint density at radius 2 is 1.67 bits per heavy atom. The Kier molecular flexibility index (Phi) is 5.53. The zero-order chi connectivity index (χ0) is 21.1. The van der Waals surface area contributed by atoms with E-state index in [1.165, 1.54) is 11.0 Å². The Morgan fingerprint density at radius 3 is 2.37 bits per heavy atom. The number of halogens is 1. The molecule has 1 N–H and O–H groups in total. The molecule has 5 heteroatoms. The fourth-order valence-electron chi connectivity index (χ4n) is 3.68. The zero-order valence-electron chi connectivity index (χ0n) is 16.2. The number of carbonyl (C=O) groups is 2. The number of hydrogen-bond acceptors (Lipinski definition) is 3. The quantitative estimate of drug-likeness (QED) is 0.589. The van der Waals surface area contributed by atoms with Crippen LogP contribution in [0.1, 0.15) is 23.1 Å². The normalized spacial score (nSPS) is 18.1. The molecule has 0 radical (unpaired) electrons. The van der Waals surface area contributed by atoms with Crippen molar-refractivity contribution in [1.29, 1.82) is 0 Å². The Bertz CT molecular complexity index is 1110. The number of benzene rings is 3. The molecule has 0 saturated heterocycles. The highest BCUT2D eigenvalue weighted by Gasteiger charge is 2.50. The second kappa shape index (κ2) is 8.27. The van der Waals surface area contributed by atoms with Crippen LogP contribution in [-0.4, -0.2) is 16.8 Å². The molecule has 1 aliphatic rings. The van der Waals surface area contributed by atoms with E-state index in [2.05, 4.69) is 0 Å². The topological polar surface area (TPSA) is 57.6 Å². The number of fused-ring (bicyclic) bond motifs is 1. The molecule has 0 saturated carbocycles. The van der Waals surface area contributed by atoms with Gasteiger partial charge >= 0.3 is 0 Å². The maximum absolute atomic E-state index is 13.3. The number of ketones is 1. The Balaban J connectivity index is 1.63. The predicted octanol–water partition coefficient (Wildman–Crippen LogP) is 4.75. The van der Waals surface area contributed by atoms with Gasteiger partial charge in [0.1, 0.15) is 0 Å². The summed E-state index contributed by atoms with van der Waals surface area (Å²) in [5.41, 5.74) is 0.761. The van der Waals surface area contributed by atoms with Crippen molar-refractivity contribution in [3.05, 3.63) is 107 Å². The lowest BCUT2D eigenvalue weighted by Gasteiger charge is -2.22. The molecule has 0 aliphatic carbocycles. The van der Waals surface area contributed by atoms with E-state index in [-0.39, 0.29) is 12.2 Å². The van der Waals surface area contributed by atoms with Crippen LogP contribution in [0, 0.1) is 0 Å². The van der Waals surface area contributed by atoms with Crippen LogP contribution >= 0.6 is 11.6 Å². The number of rotatable bonds is 6. The van der Waals surface area contributed by atoms with Crippen LogP contribution in [0.2, 0.25) is 5.02 Å². The monoisotopic (exact) mass is 417 g/mol. The molecule has 3 aromatic rings. The van der Waals surface area contributed by atoms with Gasteiger partial charge in [0.05, 0.1) is 18.7 Å². The van der Waals surface area contributed by atoms with Gasteiger partial charge in [-0.3, -0.25) is 9.59 Å². The summed E-state index contributed by atoms with van der Waals surface area (Å²) >= 11 is 6.14. The van der Waals surface area contributed by atoms with Crippen molar-refractivity contribution in [3.8, 4) is 0 Å². The number of nitrogens with zero attached hydrogens (tertiary/aromatic N) is 1. The van der Waals surface area contributed by atoms with E-state index in [0.29, 0.717) is 22.8 Å². The molecular weight excluding hydrogens is 398 g/mol. The summed E-state index contributed by atoms with van der Waals surface area (Å²) < 4.78 is 0. The highest BCUT2D eigenvalue weighted by molar-refractivity contribution is 6.31. The van der Waals surface area contributed by atoms with Crippen molar-refractivity contribution in [2.24, 2.45) is 0 Å². The van der Waals surface area contributed by atoms with Crippen molar-refractivity contribution in [3.63, 3.8) is 0 Å². The molecule has 3 aromatic carbocycles. The van der Waals surface area contributed by atoms with Gasteiger partial charge in [0.15, 0.2) is 11.4 Å². The molecular formula is C25H20ClNO3. The van der Waals surface area contributed by atoms with Gasteiger partial charge in [0.2, 0.25) is 0 Å². The van der Waals surface area contributed by atoms with Crippen LogP contribution in [0.3, 0.4) is 0 Å². The van der Waals surface area contributed by atoms with Gasteiger partial charge in [0.25, 0.3) is 5.91 Å². The number of amides is 1. The van der Waals surface area contributed by atoms with Crippen molar-refractivity contribution < 1.29 is 14.7 Å². The third kappa shape index (κ3) is 3.92. The average Bonchev–Trinajstić information content (AvgIpc) is 2.95. The second-order valence-corrected chi connectivity index (χ2v) is 7.72. The standard InChI is InChI=1S/C25H20ClNO3/c26-20-12-14-23-22(15-20)25(30,16-21(28)13-11-18-7-3-1-4-8-18)24(29)27(23)17-19-9-5-2-6-10-19/h1-15,30H,16-17H2/b13-11-/t25-/m1/s1. The number of anilines is 1. The molecule has 4 rings (SSSR count). The summed E-state index contributed by atoms with van der Waals surface area (Å²) in [5, 5.41) is 11.7. The fraction of sp³-hybridized carbons (Fsp3) is 0.120. The first-order valence-electron chi connectivity index (χ1n) is 9.62. The van der Waals surface area contributed by atoms with Gasteiger partial charge in [-0.2, -0.15) is 0 Å². The SMILES string of the molecule is O=C(/C=C\c1ccccc1)C[C@]1(O)C(=O)N(Cc2ccccc2)c2ccc(Cl)cc21. The number of hydrogen-bond donors (Lipinski definition) is 1. The average molecular weight is 418 g/mol. The summed E-state index contributed by atoms with van der Waals surface area (Å²) in [6.45, 7) is 0.296. The zero-order valence-corrected chi connectivity index (χ0v) is 16.9. The molecule has 0 bridgehead atoms. The Hall–Kier alpha value is -3.21. The third-order valence-corrected chi connectivity index (χ3v) is 5.40. The van der Waals surface area contributed by atoms with Gasteiger partial charge in [0, 0.05) is 10.6 Å². The molecule has 4 nitrogen and oxygen atoms in total. The summed E-state index contributed by atoms with van der Waals surface area (Å²) in [6, 6.07) is 23.8. The first-order chi connectivity index (χ1) is 14.5. The van der Waals surface area contributed by atoms with Gasteiger partial charge < -0.3 is 10.0 Å². The minimum absolute atomic E-state index is 0.296. The summed E-state index contributed by atoms with van der Waals surface area (Å²) in [4.78, 5) is 27.4. The number of carbonyl (C=O) groups excluding carboxylic acids is 2. The van der Waals surface area contributed by atoms with Gasteiger partial charge in [-0.05, 0) is 35.4 Å². The van der Waals surface area contributed by atoms with E-state index in [0.717, 1.165) is 11.1 Å². The van der Waals surface area contributed by atoms with Crippen molar-refractivity contribution in [2.75, 3.05) is 4.90 Å². The molecule has 0 aromatic heterocycles. The first-order valence-corrected chi connectivity index (χ1v) is 9.99. The van der Waals surface area contributed by atoms with E-state index in [1.54, 1.807) is 24.3 Å². The maximum atomic E-state index is 13.3.